The number of hydrogen-bond donors (Lipinski definition) is 3. The summed E-state index contributed by atoms with van der Waals surface area (Å²) in [6.45, 7) is 10.1. The summed E-state index contributed by atoms with van der Waals surface area (Å²) in [6.07, 6.45) is 10.9. The van der Waals surface area contributed by atoms with Gasteiger partial charge in [-0.3, -0.25) is 9.59 Å². The molecule has 2 amide bonds. The highest BCUT2D eigenvalue weighted by atomic mass is 32.2. The van der Waals surface area contributed by atoms with Crippen LogP contribution in [0.3, 0.4) is 0 Å². The predicted octanol–water partition coefficient (Wildman–Crippen LogP) is 4.23. The molecule has 1 unspecified atom stereocenters. The number of nitrogens with one attached hydrogen (secondary N) is 2. The minimum atomic E-state index is -1.05. The van der Waals surface area contributed by atoms with Crippen molar-refractivity contribution in [2.75, 3.05) is 18.1 Å². The number of aliphatic carboxylic acids is 1. The van der Waals surface area contributed by atoms with Crippen molar-refractivity contribution >= 4 is 29.5 Å². The summed E-state index contributed by atoms with van der Waals surface area (Å²) >= 11 is 1.48. The van der Waals surface area contributed by atoms with E-state index in [1.165, 1.54) is 35.4 Å². The number of carbonyl (C=O) groups excluding carboxylic acids is 2. The molecule has 7 heteroatoms. The number of carboxylic acid groups (broad SMARTS) is 1. The van der Waals surface area contributed by atoms with Crippen molar-refractivity contribution in [3.05, 3.63) is 34.9 Å². The predicted molar refractivity (Wildman–Crippen MR) is 126 cm³/mol. The zero-order chi connectivity index (χ0) is 22.9. The molecule has 0 saturated carbocycles. The van der Waals surface area contributed by atoms with Crippen LogP contribution in [0.1, 0.15) is 66.7 Å². The van der Waals surface area contributed by atoms with E-state index >= 15 is 0 Å². The molecular formula is C23H38N2O4S. The van der Waals surface area contributed by atoms with Crippen molar-refractivity contribution in [2.45, 2.75) is 72.8 Å². The third-order valence-electron chi connectivity index (χ3n) is 4.32. The van der Waals surface area contributed by atoms with Gasteiger partial charge in [-0.2, -0.15) is 11.8 Å². The second kappa shape index (κ2) is 16.7. The van der Waals surface area contributed by atoms with Crippen molar-refractivity contribution in [1.82, 2.24) is 10.6 Å². The summed E-state index contributed by atoms with van der Waals surface area (Å²) in [5, 5.41) is 14.3. The third kappa shape index (κ3) is 16.9. The van der Waals surface area contributed by atoms with E-state index in [0.717, 1.165) is 25.7 Å². The van der Waals surface area contributed by atoms with Crippen molar-refractivity contribution in [3.63, 3.8) is 0 Å². The number of hydrogen-bond acceptors (Lipinski definition) is 4. The molecule has 3 N–H and O–H groups in total. The minimum Gasteiger partial charge on any atom is -0.480 e. The largest absolute Gasteiger partial charge is 0.480 e. The summed E-state index contributed by atoms with van der Waals surface area (Å²) in [5.74, 6) is -0.639. The second-order valence-electron chi connectivity index (χ2n) is 7.69. The molecule has 0 fully saturated rings. The SMILES string of the molecule is CC(=O)NCCC(=O)NC(CSC/C=C(\C)CC/C=C(\C)CCC=C(C)C)C(=O)O. The van der Waals surface area contributed by atoms with E-state index in [1.54, 1.807) is 0 Å². The van der Waals surface area contributed by atoms with E-state index in [4.69, 9.17) is 0 Å². The van der Waals surface area contributed by atoms with E-state index in [1.807, 2.05) is 0 Å². The lowest BCUT2D eigenvalue weighted by atomic mass is 10.1. The fraction of sp³-hybridized carbons (Fsp3) is 0.609. The summed E-state index contributed by atoms with van der Waals surface area (Å²) < 4.78 is 0. The van der Waals surface area contributed by atoms with Crippen LogP contribution in [-0.2, 0) is 14.4 Å². The molecule has 0 spiro atoms. The molecular weight excluding hydrogens is 400 g/mol. The van der Waals surface area contributed by atoms with Crippen LogP contribution >= 0.6 is 11.8 Å². The monoisotopic (exact) mass is 438 g/mol. The molecule has 6 nitrogen and oxygen atoms in total. The van der Waals surface area contributed by atoms with Crippen LogP contribution < -0.4 is 10.6 Å². The smallest absolute Gasteiger partial charge is 0.327 e. The Morgan fingerprint density at radius 3 is 2.07 bits per heavy atom. The summed E-state index contributed by atoms with van der Waals surface area (Å²) in [5.41, 5.74) is 4.05. The van der Waals surface area contributed by atoms with Gasteiger partial charge in [0.15, 0.2) is 0 Å². The summed E-state index contributed by atoms with van der Waals surface area (Å²) in [6, 6.07) is -0.931. The van der Waals surface area contributed by atoms with Gasteiger partial charge in [-0.05, 0) is 53.4 Å². The number of carbonyl (C=O) groups is 3. The van der Waals surface area contributed by atoms with Gasteiger partial charge < -0.3 is 15.7 Å². The van der Waals surface area contributed by atoms with Gasteiger partial charge in [0.1, 0.15) is 6.04 Å². The lowest BCUT2D eigenvalue weighted by Crippen LogP contribution is -2.43. The lowest BCUT2D eigenvalue weighted by Gasteiger charge is -2.14. The average molecular weight is 439 g/mol. The van der Waals surface area contributed by atoms with Crippen LogP contribution in [-0.4, -0.2) is 47.0 Å². The van der Waals surface area contributed by atoms with Crippen LogP contribution in [0.15, 0.2) is 34.9 Å². The van der Waals surface area contributed by atoms with E-state index in [2.05, 4.69) is 56.6 Å². The van der Waals surface area contributed by atoms with Gasteiger partial charge in [0.25, 0.3) is 0 Å². The first-order valence-corrected chi connectivity index (χ1v) is 11.6. The molecule has 1 atom stereocenters. The van der Waals surface area contributed by atoms with E-state index in [9.17, 15) is 19.5 Å². The molecule has 0 aromatic heterocycles. The van der Waals surface area contributed by atoms with Crippen LogP contribution in [0.4, 0.5) is 0 Å². The van der Waals surface area contributed by atoms with Crippen LogP contribution in [0, 0.1) is 0 Å². The molecule has 170 valence electrons. The Labute approximate surface area is 185 Å². The zero-order valence-electron chi connectivity index (χ0n) is 19.0. The molecule has 0 saturated heterocycles. The maximum Gasteiger partial charge on any atom is 0.327 e. The lowest BCUT2D eigenvalue weighted by molar-refractivity contribution is -0.141. The third-order valence-corrected chi connectivity index (χ3v) is 5.29. The maximum atomic E-state index is 11.8. The Hall–Kier alpha value is -2.02. The Kier molecular flexibility index (Phi) is 15.6. The highest BCUT2D eigenvalue weighted by molar-refractivity contribution is 7.99. The molecule has 0 aliphatic rings. The van der Waals surface area contributed by atoms with E-state index < -0.39 is 12.0 Å². The Morgan fingerprint density at radius 1 is 0.900 bits per heavy atom. The molecule has 0 heterocycles. The fourth-order valence-electron chi connectivity index (χ4n) is 2.52. The molecule has 0 aromatic rings. The molecule has 0 bridgehead atoms. The van der Waals surface area contributed by atoms with Gasteiger partial charge >= 0.3 is 5.97 Å². The summed E-state index contributed by atoms with van der Waals surface area (Å²) in [4.78, 5) is 33.9. The molecule has 0 rings (SSSR count). The van der Waals surface area contributed by atoms with Gasteiger partial charge in [-0.1, -0.05) is 34.9 Å². The highest BCUT2D eigenvalue weighted by Gasteiger charge is 2.19. The molecule has 0 aliphatic heterocycles. The van der Waals surface area contributed by atoms with Gasteiger partial charge in [0.05, 0.1) is 0 Å². The first-order valence-electron chi connectivity index (χ1n) is 10.4. The molecule has 0 aliphatic carbocycles. The highest BCUT2D eigenvalue weighted by Crippen LogP contribution is 2.13. The average Bonchev–Trinajstić information content (AvgIpc) is 2.63. The second-order valence-corrected chi connectivity index (χ2v) is 8.76. The van der Waals surface area contributed by atoms with E-state index in [0.29, 0.717) is 11.5 Å². The standard InChI is InChI=1S/C23H38N2O4S/c1-17(2)8-6-9-18(3)10-7-11-19(4)13-15-30-16-21(23(28)29)25-22(27)12-14-24-20(5)26/h8,10,13,21H,6-7,9,11-12,14-16H2,1-5H3,(H,24,26)(H,25,27)(H,28,29)/b18-10+,19-13+. The van der Waals surface area contributed by atoms with Gasteiger partial charge in [-0.25, -0.2) is 4.79 Å². The minimum absolute atomic E-state index is 0.0638. The Balaban J connectivity index is 4.19. The Bertz CT molecular complexity index is 650. The van der Waals surface area contributed by atoms with Crippen molar-refractivity contribution in [1.29, 1.82) is 0 Å². The van der Waals surface area contributed by atoms with Gasteiger partial charge in [0, 0.05) is 31.4 Å². The van der Waals surface area contributed by atoms with Crippen molar-refractivity contribution in [3.8, 4) is 0 Å². The van der Waals surface area contributed by atoms with Crippen LogP contribution in [0.25, 0.3) is 0 Å². The number of amides is 2. The number of carboxylic acids is 1. The first kappa shape index (κ1) is 28.0. The fourth-order valence-corrected chi connectivity index (χ4v) is 3.52. The topological polar surface area (TPSA) is 95.5 Å². The molecule has 30 heavy (non-hydrogen) atoms. The first-order chi connectivity index (χ1) is 14.1. The number of thioether (sulfide) groups is 1. The number of allylic oxidation sites excluding steroid dienone is 5. The van der Waals surface area contributed by atoms with Crippen LogP contribution in [0.2, 0.25) is 0 Å². The van der Waals surface area contributed by atoms with Gasteiger partial charge in [-0.15, -0.1) is 0 Å². The quantitative estimate of drug-likeness (QED) is 0.263. The van der Waals surface area contributed by atoms with Crippen molar-refractivity contribution < 1.29 is 19.5 Å². The maximum absolute atomic E-state index is 11.8. The van der Waals surface area contributed by atoms with Crippen LogP contribution in [0.5, 0.6) is 0 Å². The zero-order valence-corrected chi connectivity index (χ0v) is 19.9. The Morgan fingerprint density at radius 2 is 1.50 bits per heavy atom. The van der Waals surface area contributed by atoms with E-state index in [-0.39, 0.29) is 24.8 Å². The van der Waals surface area contributed by atoms with Gasteiger partial charge in [0.2, 0.25) is 11.8 Å². The van der Waals surface area contributed by atoms with Crippen molar-refractivity contribution in [2.24, 2.45) is 0 Å². The number of rotatable bonds is 15. The summed E-state index contributed by atoms with van der Waals surface area (Å²) in [7, 11) is 0. The normalized spacial score (nSPS) is 12.8. The molecule has 0 aromatic carbocycles. The molecule has 0 radical (unpaired) electrons.